The van der Waals surface area contributed by atoms with E-state index in [9.17, 15) is 4.79 Å². The zero-order valence-corrected chi connectivity index (χ0v) is 7.84. The van der Waals surface area contributed by atoms with E-state index >= 15 is 0 Å². The lowest BCUT2D eigenvalue weighted by molar-refractivity contribution is -0.113. The monoisotopic (exact) mass is 171 g/mol. The van der Waals surface area contributed by atoms with E-state index in [1.807, 2.05) is 13.8 Å². The normalized spacial score (nSPS) is 11.7. The van der Waals surface area contributed by atoms with Gasteiger partial charge in [0.15, 0.2) is 5.78 Å². The van der Waals surface area contributed by atoms with Gasteiger partial charge in [-0.15, -0.1) is 0 Å². The molecule has 0 aromatic carbocycles. The minimum Gasteiger partial charge on any atom is -0.411 e. The van der Waals surface area contributed by atoms with E-state index in [0.717, 1.165) is 19.3 Å². The van der Waals surface area contributed by atoms with E-state index in [-0.39, 0.29) is 5.78 Å². The Balaban J connectivity index is 3.87. The largest absolute Gasteiger partial charge is 0.411 e. The summed E-state index contributed by atoms with van der Waals surface area (Å²) in [4.78, 5) is 11.2. The molecule has 0 rings (SSSR count). The Morgan fingerprint density at radius 3 is 2.33 bits per heavy atom. The van der Waals surface area contributed by atoms with Crippen molar-refractivity contribution in [2.75, 3.05) is 0 Å². The zero-order valence-electron chi connectivity index (χ0n) is 7.84. The molecule has 0 aliphatic rings. The van der Waals surface area contributed by atoms with E-state index in [1.165, 1.54) is 0 Å². The molecular formula is C9H17NO2. The summed E-state index contributed by atoms with van der Waals surface area (Å²) in [5.41, 5.74) is 0.325. The van der Waals surface area contributed by atoms with Crippen LogP contribution in [-0.2, 0) is 4.79 Å². The maximum Gasteiger partial charge on any atom is 0.180 e. The molecule has 0 radical (unpaired) electrons. The molecular weight excluding hydrogens is 154 g/mol. The van der Waals surface area contributed by atoms with E-state index in [1.54, 1.807) is 0 Å². The number of carbonyl (C=O) groups is 1. The van der Waals surface area contributed by atoms with Crippen molar-refractivity contribution in [1.29, 1.82) is 0 Å². The molecule has 0 fully saturated rings. The van der Waals surface area contributed by atoms with Crippen LogP contribution in [0.25, 0.3) is 0 Å². The molecule has 0 aliphatic heterocycles. The summed E-state index contributed by atoms with van der Waals surface area (Å²) in [5, 5.41) is 11.5. The molecule has 0 aliphatic carbocycles. The van der Waals surface area contributed by atoms with E-state index < -0.39 is 0 Å². The number of hydrogen-bond acceptors (Lipinski definition) is 3. The Labute approximate surface area is 73.5 Å². The molecule has 3 nitrogen and oxygen atoms in total. The average molecular weight is 171 g/mol. The number of hydrogen-bond donors (Lipinski definition) is 1. The second-order valence-corrected chi connectivity index (χ2v) is 2.82. The molecule has 0 heterocycles. The Bertz CT molecular complexity index is 164. The highest BCUT2D eigenvalue weighted by Crippen LogP contribution is 2.01. The van der Waals surface area contributed by atoms with Gasteiger partial charge < -0.3 is 5.21 Å². The first-order valence-corrected chi connectivity index (χ1v) is 4.50. The van der Waals surface area contributed by atoms with Gasteiger partial charge in [-0.05, 0) is 12.8 Å². The van der Waals surface area contributed by atoms with Gasteiger partial charge >= 0.3 is 0 Å². The molecule has 0 spiro atoms. The summed E-state index contributed by atoms with van der Waals surface area (Å²) < 4.78 is 0. The van der Waals surface area contributed by atoms with Crippen LogP contribution in [0, 0.1) is 0 Å². The lowest BCUT2D eigenvalue weighted by atomic mass is 10.1. The summed E-state index contributed by atoms with van der Waals surface area (Å²) >= 11 is 0. The van der Waals surface area contributed by atoms with Crippen LogP contribution in [0.4, 0.5) is 0 Å². The molecule has 12 heavy (non-hydrogen) atoms. The topological polar surface area (TPSA) is 49.7 Å². The fraction of sp³-hybridized carbons (Fsp3) is 0.778. The summed E-state index contributed by atoms with van der Waals surface area (Å²) in [6.45, 7) is 3.99. The fourth-order valence-electron chi connectivity index (χ4n) is 0.964. The van der Waals surface area contributed by atoms with Crippen LogP contribution in [0.5, 0.6) is 0 Å². The number of unbranched alkanes of at least 4 members (excludes halogenated alkanes) is 1. The van der Waals surface area contributed by atoms with Crippen molar-refractivity contribution in [3.63, 3.8) is 0 Å². The van der Waals surface area contributed by atoms with Crippen LogP contribution in [0.1, 0.15) is 46.0 Å². The third kappa shape index (κ3) is 4.11. The molecule has 0 amide bonds. The number of rotatable bonds is 6. The van der Waals surface area contributed by atoms with E-state index in [2.05, 4.69) is 5.16 Å². The number of Topliss-reactive ketones (excluding diaryl/α,β-unsaturated/α-hetero) is 1. The lowest BCUT2D eigenvalue weighted by Crippen LogP contribution is -2.13. The molecule has 3 heteroatoms. The Kier molecular flexibility index (Phi) is 6.34. The predicted molar refractivity (Wildman–Crippen MR) is 48.7 cm³/mol. The molecule has 0 bridgehead atoms. The summed E-state index contributed by atoms with van der Waals surface area (Å²) in [6.07, 6.45) is 3.81. The van der Waals surface area contributed by atoms with Crippen molar-refractivity contribution in [3.05, 3.63) is 0 Å². The zero-order chi connectivity index (χ0) is 9.40. The maximum absolute atomic E-state index is 11.2. The SMILES string of the molecule is CCCCC(=O)/C(CCC)=N\O. The first kappa shape index (κ1) is 11.1. The Morgan fingerprint density at radius 1 is 1.25 bits per heavy atom. The van der Waals surface area contributed by atoms with Gasteiger partial charge in [-0.25, -0.2) is 0 Å². The first-order valence-electron chi connectivity index (χ1n) is 4.50. The quantitative estimate of drug-likeness (QED) is 0.379. The first-order chi connectivity index (χ1) is 5.76. The summed E-state index contributed by atoms with van der Waals surface area (Å²) in [6, 6.07) is 0. The van der Waals surface area contributed by atoms with Gasteiger partial charge in [0.05, 0.1) is 0 Å². The number of ketones is 1. The van der Waals surface area contributed by atoms with Gasteiger partial charge in [0.2, 0.25) is 0 Å². The van der Waals surface area contributed by atoms with Crippen LogP contribution in [-0.4, -0.2) is 16.7 Å². The third-order valence-corrected chi connectivity index (χ3v) is 1.69. The van der Waals surface area contributed by atoms with Crippen molar-refractivity contribution in [1.82, 2.24) is 0 Å². The second-order valence-electron chi connectivity index (χ2n) is 2.82. The highest BCUT2D eigenvalue weighted by Gasteiger charge is 2.09. The van der Waals surface area contributed by atoms with Crippen molar-refractivity contribution < 1.29 is 10.0 Å². The van der Waals surface area contributed by atoms with Gasteiger partial charge in [-0.1, -0.05) is 31.8 Å². The Hall–Kier alpha value is -0.860. The number of oxime groups is 1. The van der Waals surface area contributed by atoms with Crippen molar-refractivity contribution in [2.45, 2.75) is 46.0 Å². The van der Waals surface area contributed by atoms with Crippen molar-refractivity contribution in [3.8, 4) is 0 Å². The van der Waals surface area contributed by atoms with E-state index in [0.29, 0.717) is 18.6 Å². The van der Waals surface area contributed by atoms with Crippen molar-refractivity contribution in [2.24, 2.45) is 5.16 Å². The van der Waals surface area contributed by atoms with Gasteiger partial charge in [0.1, 0.15) is 5.71 Å². The van der Waals surface area contributed by atoms with Crippen LogP contribution in [0.15, 0.2) is 5.16 Å². The lowest BCUT2D eigenvalue weighted by Gasteiger charge is -1.99. The molecule has 0 aromatic rings. The van der Waals surface area contributed by atoms with Crippen LogP contribution in [0.2, 0.25) is 0 Å². The molecule has 0 saturated carbocycles. The van der Waals surface area contributed by atoms with Gasteiger partial charge in [0.25, 0.3) is 0 Å². The standard InChI is InChI=1S/C9H17NO2/c1-3-5-7-9(11)8(10-12)6-4-2/h12H,3-7H2,1-2H3/b10-8-. The second kappa shape index (κ2) is 6.83. The highest BCUT2D eigenvalue weighted by atomic mass is 16.4. The smallest absolute Gasteiger partial charge is 0.180 e. The fourth-order valence-corrected chi connectivity index (χ4v) is 0.964. The summed E-state index contributed by atoms with van der Waals surface area (Å²) in [5.74, 6) is -0.0128. The molecule has 1 N–H and O–H groups in total. The van der Waals surface area contributed by atoms with Crippen molar-refractivity contribution >= 4 is 11.5 Å². The van der Waals surface area contributed by atoms with Gasteiger partial charge in [-0.3, -0.25) is 4.79 Å². The number of nitrogens with zero attached hydrogens (tertiary/aromatic N) is 1. The highest BCUT2D eigenvalue weighted by molar-refractivity contribution is 6.39. The minimum atomic E-state index is -0.0128. The maximum atomic E-state index is 11.2. The van der Waals surface area contributed by atoms with Gasteiger partial charge in [-0.2, -0.15) is 0 Å². The Morgan fingerprint density at radius 2 is 1.92 bits per heavy atom. The molecule has 70 valence electrons. The van der Waals surface area contributed by atoms with Crippen LogP contribution >= 0.6 is 0 Å². The average Bonchev–Trinajstić information content (AvgIpc) is 2.10. The van der Waals surface area contributed by atoms with E-state index in [4.69, 9.17) is 5.21 Å². The van der Waals surface area contributed by atoms with Gasteiger partial charge in [0, 0.05) is 6.42 Å². The molecule has 0 saturated heterocycles. The predicted octanol–water partition coefficient (Wildman–Crippen LogP) is 2.38. The minimum absolute atomic E-state index is 0.0128. The van der Waals surface area contributed by atoms with Crippen LogP contribution < -0.4 is 0 Å². The molecule has 0 unspecified atom stereocenters. The van der Waals surface area contributed by atoms with Crippen LogP contribution in [0.3, 0.4) is 0 Å². The molecule has 0 aromatic heterocycles. The number of carbonyl (C=O) groups excluding carboxylic acids is 1. The summed E-state index contributed by atoms with van der Waals surface area (Å²) in [7, 11) is 0. The molecule has 0 atom stereocenters. The third-order valence-electron chi connectivity index (χ3n) is 1.69.